The summed E-state index contributed by atoms with van der Waals surface area (Å²) in [5.74, 6) is 0.958. The van der Waals surface area contributed by atoms with E-state index < -0.39 is 0 Å². The van der Waals surface area contributed by atoms with Crippen LogP contribution in [0.1, 0.15) is 58.3 Å². The number of nitrogens with one attached hydrogen (secondary N) is 2. The van der Waals surface area contributed by atoms with Gasteiger partial charge in [0.2, 0.25) is 0 Å². The molecule has 2 unspecified atom stereocenters. The molecule has 0 radical (unpaired) electrons. The lowest BCUT2D eigenvalue weighted by molar-refractivity contribution is 0.258. The quantitative estimate of drug-likeness (QED) is 0.750. The molecule has 2 heteroatoms. The summed E-state index contributed by atoms with van der Waals surface area (Å²) in [6, 6.07) is 1.53. The van der Waals surface area contributed by atoms with Crippen molar-refractivity contribution in [2.45, 2.75) is 70.4 Å². The number of hydrogen-bond acceptors (Lipinski definition) is 2. The monoisotopic (exact) mass is 224 g/mol. The van der Waals surface area contributed by atoms with E-state index in [9.17, 15) is 0 Å². The van der Waals surface area contributed by atoms with Crippen molar-refractivity contribution >= 4 is 0 Å². The summed E-state index contributed by atoms with van der Waals surface area (Å²) in [5, 5.41) is 7.40. The van der Waals surface area contributed by atoms with Crippen LogP contribution in [-0.2, 0) is 0 Å². The summed E-state index contributed by atoms with van der Waals surface area (Å²) in [6.45, 7) is 4.76. The molecule has 0 bridgehead atoms. The van der Waals surface area contributed by atoms with Crippen LogP contribution in [0.4, 0.5) is 0 Å². The Hall–Kier alpha value is -0.0800. The predicted octanol–water partition coefficient (Wildman–Crippen LogP) is 2.69. The van der Waals surface area contributed by atoms with Gasteiger partial charge in [0.15, 0.2) is 0 Å². The van der Waals surface area contributed by atoms with Gasteiger partial charge in [0.05, 0.1) is 0 Å². The lowest BCUT2D eigenvalue weighted by Crippen LogP contribution is -2.43. The lowest BCUT2D eigenvalue weighted by Gasteiger charge is -2.31. The first-order valence-electron chi connectivity index (χ1n) is 7.37. The summed E-state index contributed by atoms with van der Waals surface area (Å²) in [5.41, 5.74) is 0. The minimum atomic E-state index is 0.748. The highest BCUT2D eigenvalue weighted by atomic mass is 15.0. The molecule has 2 fully saturated rings. The summed E-state index contributed by atoms with van der Waals surface area (Å²) in [4.78, 5) is 0. The molecule has 1 saturated carbocycles. The zero-order chi connectivity index (χ0) is 11.2. The van der Waals surface area contributed by atoms with Crippen molar-refractivity contribution in [2.75, 3.05) is 13.1 Å². The van der Waals surface area contributed by atoms with Gasteiger partial charge in [-0.1, -0.05) is 26.2 Å². The molecule has 94 valence electrons. The fourth-order valence-electron chi connectivity index (χ4n) is 3.41. The molecule has 2 N–H and O–H groups in total. The Bertz CT molecular complexity index is 181. The Morgan fingerprint density at radius 1 is 1.12 bits per heavy atom. The highest BCUT2D eigenvalue weighted by Crippen LogP contribution is 2.27. The molecule has 2 nitrogen and oxygen atoms in total. The second-order valence-electron chi connectivity index (χ2n) is 5.61. The van der Waals surface area contributed by atoms with Crippen molar-refractivity contribution in [3.8, 4) is 0 Å². The maximum absolute atomic E-state index is 3.82. The van der Waals surface area contributed by atoms with Gasteiger partial charge in [-0.2, -0.15) is 0 Å². The molecule has 0 aromatic heterocycles. The normalized spacial score (nSPS) is 29.4. The van der Waals surface area contributed by atoms with Crippen molar-refractivity contribution in [3.63, 3.8) is 0 Å². The van der Waals surface area contributed by atoms with E-state index >= 15 is 0 Å². The molecule has 0 aromatic carbocycles. The van der Waals surface area contributed by atoms with E-state index in [2.05, 4.69) is 17.6 Å². The van der Waals surface area contributed by atoms with Crippen molar-refractivity contribution in [1.29, 1.82) is 0 Å². The van der Waals surface area contributed by atoms with Crippen molar-refractivity contribution in [1.82, 2.24) is 10.6 Å². The van der Waals surface area contributed by atoms with Gasteiger partial charge < -0.3 is 10.6 Å². The van der Waals surface area contributed by atoms with Gasteiger partial charge in [-0.05, 0) is 44.6 Å². The van der Waals surface area contributed by atoms with E-state index in [1.165, 1.54) is 64.5 Å². The Balaban J connectivity index is 1.70. The van der Waals surface area contributed by atoms with Crippen LogP contribution in [-0.4, -0.2) is 25.2 Å². The molecule has 2 atom stereocenters. The second-order valence-corrected chi connectivity index (χ2v) is 5.61. The first-order chi connectivity index (χ1) is 7.90. The molecule has 2 rings (SSSR count). The minimum Gasteiger partial charge on any atom is -0.313 e. The Kier molecular flexibility index (Phi) is 5.11. The summed E-state index contributed by atoms with van der Waals surface area (Å²) in [6.07, 6.45) is 11.4. The van der Waals surface area contributed by atoms with Crippen molar-refractivity contribution < 1.29 is 0 Å². The maximum Gasteiger partial charge on any atom is 0.0193 e. The van der Waals surface area contributed by atoms with E-state index in [4.69, 9.17) is 0 Å². The molecule has 1 heterocycles. The molecule has 1 aliphatic heterocycles. The van der Waals surface area contributed by atoms with E-state index in [-0.39, 0.29) is 0 Å². The maximum atomic E-state index is 3.82. The molecule has 2 aliphatic rings. The van der Waals surface area contributed by atoms with Crippen LogP contribution in [0.15, 0.2) is 0 Å². The number of rotatable bonds is 5. The average Bonchev–Trinajstić information content (AvgIpc) is 2.84. The van der Waals surface area contributed by atoms with Crippen molar-refractivity contribution in [2.24, 2.45) is 5.92 Å². The topological polar surface area (TPSA) is 24.1 Å². The van der Waals surface area contributed by atoms with Gasteiger partial charge in [-0.25, -0.2) is 0 Å². The fourth-order valence-corrected chi connectivity index (χ4v) is 3.41. The van der Waals surface area contributed by atoms with E-state index in [0.29, 0.717) is 0 Å². The first kappa shape index (κ1) is 12.4. The molecule has 1 aliphatic carbocycles. The van der Waals surface area contributed by atoms with E-state index in [1.54, 1.807) is 0 Å². The molecular formula is C14H28N2. The lowest BCUT2D eigenvalue weighted by atomic mass is 9.83. The highest BCUT2D eigenvalue weighted by Gasteiger charge is 2.23. The van der Waals surface area contributed by atoms with Gasteiger partial charge in [0, 0.05) is 18.6 Å². The Morgan fingerprint density at radius 3 is 2.56 bits per heavy atom. The van der Waals surface area contributed by atoms with Crippen LogP contribution >= 0.6 is 0 Å². The second kappa shape index (κ2) is 6.61. The first-order valence-corrected chi connectivity index (χ1v) is 7.37. The smallest absolute Gasteiger partial charge is 0.0193 e. The summed E-state index contributed by atoms with van der Waals surface area (Å²) < 4.78 is 0. The summed E-state index contributed by atoms with van der Waals surface area (Å²) in [7, 11) is 0. The minimum absolute atomic E-state index is 0.748. The third kappa shape index (κ3) is 3.46. The Labute approximate surface area is 101 Å². The molecule has 0 aromatic rings. The largest absolute Gasteiger partial charge is 0.313 e. The molecule has 16 heavy (non-hydrogen) atoms. The molecule has 1 saturated heterocycles. The van der Waals surface area contributed by atoms with Crippen LogP contribution < -0.4 is 10.6 Å². The van der Waals surface area contributed by atoms with Gasteiger partial charge in [-0.15, -0.1) is 0 Å². The van der Waals surface area contributed by atoms with Crippen LogP contribution in [0.5, 0.6) is 0 Å². The Morgan fingerprint density at radius 2 is 1.94 bits per heavy atom. The highest BCUT2D eigenvalue weighted by molar-refractivity contribution is 4.82. The summed E-state index contributed by atoms with van der Waals surface area (Å²) >= 11 is 0. The third-order valence-corrected chi connectivity index (χ3v) is 4.45. The fraction of sp³-hybridized carbons (Fsp3) is 1.00. The average molecular weight is 224 g/mol. The van der Waals surface area contributed by atoms with Crippen molar-refractivity contribution in [3.05, 3.63) is 0 Å². The van der Waals surface area contributed by atoms with Gasteiger partial charge in [-0.3, -0.25) is 0 Å². The zero-order valence-electron chi connectivity index (χ0n) is 10.8. The van der Waals surface area contributed by atoms with Gasteiger partial charge in [0.1, 0.15) is 0 Å². The van der Waals surface area contributed by atoms with Crippen LogP contribution in [0.25, 0.3) is 0 Å². The molecule has 0 spiro atoms. The predicted molar refractivity (Wildman–Crippen MR) is 69.7 cm³/mol. The third-order valence-electron chi connectivity index (χ3n) is 4.45. The van der Waals surface area contributed by atoms with Gasteiger partial charge in [0.25, 0.3) is 0 Å². The van der Waals surface area contributed by atoms with Crippen LogP contribution in [0.2, 0.25) is 0 Å². The van der Waals surface area contributed by atoms with Crippen LogP contribution in [0.3, 0.4) is 0 Å². The number of hydrogen-bond donors (Lipinski definition) is 2. The SMILES string of the molecule is CCC(NCC1CCCN1)C1CCCCC1. The van der Waals surface area contributed by atoms with Crippen LogP contribution in [0, 0.1) is 5.92 Å². The van der Waals surface area contributed by atoms with Gasteiger partial charge >= 0.3 is 0 Å². The van der Waals surface area contributed by atoms with E-state index in [0.717, 1.165) is 18.0 Å². The molecule has 0 amide bonds. The zero-order valence-corrected chi connectivity index (χ0v) is 10.8. The van der Waals surface area contributed by atoms with E-state index in [1.807, 2.05) is 0 Å². The molecular weight excluding hydrogens is 196 g/mol. The standard InChI is InChI=1S/C14H28N2/c1-2-14(12-7-4-3-5-8-12)16-11-13-9-6-10-15-13/h12-16H,2-11H2,1H3.